The van der Waals surface area contributed by atoms with Crippen molar-refractivity contribution < 1.29 is 19.4 Å². The summed E-state index contributed by atoms with van der Waals surface area (Å²) < 4.78 is 11.3. The number of rotatable bonds is 5. The molecule has 1 heterocycles. The molecule has 1 aliphatic heterocycles. The van der Waals surface area contributed by atoms with E-state index in [0.29, 0.717) is 5.57 Å². The van der Waals surface area contributed by atoms with Crippen LogP contribution in [0.3, 0.4) is 0 Å². The van der Waals surface area contributed by atoms with Gasteiger partial charge < -0.3 is 25.6 Å². The molecule has 108 valence electrons. The van der Waals surface area contributed by atoms with Gasteiger partial charge in [0, 0.05) is 31.2 Å². The monoisotopic (exact) mass is 270 g/mol. The van der Waals surface area contributed by atoms with E-state index in [-0.39, 0.29) is 17.6 Å². The minimum atomic E-state index is -0.657. The number of ether oxygens (including phenoxy) is 2. The highest BCUT2D eigenvalue weighted by Crippen LogP contribution is 2.53. The van der Waals surface area contributed by atoms with E-state index in [0.717, 1.165) is 12.8 Å². The van der Waals surface area contributed by atoms with E-state index in [1.54, 1.807) is 14.0 Å². The third kappa shape index (κ3) is 2.24. The lowest BCUT2D eigenvalue weighted by molar-refractivity contribution is -0.182. The van der Waals surface area contributed by atoms with E-state index in [2.05, 4.69) is 5.32 Å². The van der Waals surface area contributed by atoms with E-state index >= 15 is 0 Å². The smallest absolute Gasteiger partial charge is 0.245 e. The van der Waals surface area contributed by atoms with Crippen molar-refractivity contribution in [3.05, 3.63) is 11.8 Å². The van der Waals surface area contributed by atoms with E-state index in [1.165, 1.54) is 6.20 Å². The normalized spacial score (nSPS) is 41.6. The number of aliphatic hydroxyl groups excluding tert-OH is 1. The molecule has 2 fully saturated rings. The minimum absolute atomic E-state index is 0.0257. The summed E-state index contributed by atoms with van der Waals surface area (Å²) in [4.78, 5) is 10.9. The number of amides is 1. The van der Waals surface area contributed by atoms with Gasteiger partial charge in [0.1, 0.15) is 6.10 Å². The van der Waals surface area contributed by atoms with Crippen LogP contribution in [-0.4, -0.2) is 42.2 Å². The molecule has 1 saturated heterocycles. The summed E-state index contributed by atoms with van der Waals surface area (Å²) >= 11 is 0. The fraction of sp³-hybridized carbons (Fsp3) is 0.769. The Morgan fingerprint density at radius 2 is 2.37 bits per heavy atom. The van der Waals surface area contributed by atoms with E-state index < -0.39 is 18.2 Å². The zero-order chi connectivity index (χ0) is 14.2. The van der Waals surface area contributed by atoms with Gasteiger partial charge in [-0.05, 0) is 13.3 Å². The number of carbonyl (C=O) groups excluding carboxylic acids is 1. The van der Waals surface area contributed by atoms with E-state index in [1.807, 2.05) is 6.92 Å². The molecule has 0 radical (unpaired) electrons. The van der Waals surface area contributed by atoms with Crippen LogP contribution in [-0.2, 0) is 14.3 Å². The van der Waals surface area contributed by atoms with E-state index in [9.17, 15) is 9.90 Å². The topological polar surface area (TPSA) is 93.8 Å². The number of methoxy groups -OCH3 is 1. The van der Waals surface area contributed by atoms with E-state index in [4.69, 9.17) is 15.2 Å². The van der Waals surface area contributed by atoms with Crippen LogP contribution in [0.5, 0.6) is 0 Å². The van der Waals surface area contributed by atoms with Crippen molar-refractivity contribution >= 4 is 5.91 Å². The number of hydrogen-bond acceptors (Lipinski definition) is 5. The van der Waals surface area contributed by atoms with Crippen LogP contribution in [0.15, 0.2) is 11.8 Å². The Hall–Kier alpha value is -1.11. The maximum atomic E-state index is 10.9. The molecule has 0 aromatic carbocycles. The Kier molecular flexibility index (Phi) is 3.85. The summed E-state index contributed by atoms with van der Waals surface area (Å²) in [5, 5.41) is 13.2. The number of hydrogen-bond donors (Lipinski definition) is 3. The van der Waals surface area contributed by atoms with Crippen molar-refractivity contribution in [2.75, 3.05) is 7.11 Å². The largest absolute Gasteiger partial charge is 0.388 e. The summed E-state index contributed by atoms with van der Waals surface area (Å²) in [6.45, 7) is 3.65. The van der Waals surface area contributed by atoms with Gasteiger partial charge in [-0.15, -0.1) is 0 Å². The Morgan fingerprint density at radius 1 is 1.68 bits per heavy atom. The third-order valence-corrected chi connectivity index (χ3v) is 4.35. The molecule has 1 saturated carbocycles. The van der Waals surface area contributed by atoms with Gasteiger partial charge >= 0.3 is 0 Å². The van der Waals surface area contributed by atoms with Crippen molar-refractivity contribution in [3.8, 4) is 0 Å². The molecule has 1 aliphatic carbocycles. The van der Waals surface area contributed by atoms with Crippen molar-refractivity contribution in [1.82, 2.24) is 5.32 Å². The van der Waals surface area contributed by atoms with Crippen LogP contribution in [0.25, 0.3) is 0 Å². The molecule has 5 atom stereocenters. The van der Waals surface area contributed by atoms with Crippen LogP contribution in [0, 0.1) is 5.92 Å². The van der Waals surface area contributed by atoms with Crippen LogP contribution in [0.2, 0.25) is 0 Å². The Balaban J connectivity index is 2.05. The molecule has 4 N–H and O–H groups in total. The number of nitrogens with one attached hydrogen (secondary N) is 1. The molecule has 2 aliphatic rings. The van der Waals surface area contributed by atoms with Gasteiger partial charge in [0.05, 0.1) is 11.7 Å². The number of carbonyl (C=O) groups is 1. The zero-order valence-electron chi connectivity index (χ0n) is 11.6. The van der Waals surface area contributed by atoms with Crippen LogP contribution in [0.4, 0.5) is 0 Å². The molecule has 2 rings (SSSR count). The third-order valence-electron chi connectivity index (χ3n) is 4.35. The van der Waals surface area contributed by atoms with Crippen molar-refractivity contribution in [2.24, 2.45) is 11.7 Å². The van der Waals surface area contributed by atoms with Gasteiger partial charge in [0.15, 0.2) is 6.23 Å². The second-order valence-electron chi connectivity index (χ2n) is 5.31. The molecule has 19 heavy (non-hydrogen) atoms. The molecular formula is C13H22N2O4. The zero-order valence-corrected chi connectivity index (χ0v) is 11.6. The lowest BCUT2D eigenvalue weighted by atomic mass is 9.64. The molecule has 0 spiro atoms. The fourth-order valence-electron chi connectivity index (χ4n) is 3.05. The Labute approximate surface area is 112 Å². The SMILES string of the molecule is CC[C@]12C[C@H](OC)C1C(O)[C@H](N/C=C(/C)C(N)=O)O2. The van der Waals surface area contributed by atoms with Gasteiger partial charge in [0.2, 0.25) is 5.91 Å². The lowest BCUT2D eigenvalue weighted by Gasteiger charge is -2.49. The quantitative estimate of drug-likeness (QED) is 0.605. The standard InChI is InChI=1S/C13H22N2O4/c1-4-13-5-8(18-3)9(13)10(16)12(19-13)15-6-7(2)11(14)17/h6,8-10,12,15-16H,4-5H2,1-3H3,(H2,14,17)/b7-6-/t8-,9?,10?,12+,13-/m0/s1. The average molecular weight is 270 g/mol. The van der Waals surface area contributed by atoms with Crippen molar-refractivity contribution in [3.63, 3.8) is 0 Å². The predicted octanol–water partition coefficient (Wildman–Crippen LogP) is -0.134. The molecule has 0 aromatic heterocycles. The fourth-order valence-corrected chi connectivity index (χ4v) is 3.05. The molecule has 1 amide bonds. The summed E-state index contributed by atoms with van der Waals surface area (Å²) in [6, 6.07) is 0. The van der Waals surface area contributed by atoms with Crippen LogP contribution >= 0.6 is 0 Å². The summed E-state index contributed by atoms with van der Waals surface area (Å²) in [5.41, 5.74) is 5.23. The highest BCUT2D eigenvalue weighted by molar-refractivity contribution is 5.91. The molecule has 0 aromatic rings. The average Bonchev–Trinajstić information content (AvgIpc) is 2.56. The highest BCUT2D eigenvalue weighted by atomic mass is 16.6. The number of nitrogens with two attached hydrogens (primary N) is 1. The summed E-state index contributed by atoms with van der Waals surface area (Å²) in [5.74, 6) is -0.523. The Bertz CT molecular complexity index is 398. The predicted molar refractivity (Wildman–Crippen MR) is 68.9 cm³/mol. The number of primary amides is 1. The highest BCUT2D eigenvalue weighted by Gasteiger charge is 2.64. The van der Waals surface area contributed by atoms with Gasteiger partial charge in [-0.25, -0.2) is 0 Å². The molecule has 6 nitrogen and oxygen atoms in total. The second-order valence-corrected chi connectivity index (χ2v) is 5.31. The van der Waals surface area contributed by atoms with Gasteiger partial charge in [-0.2, -0.15) is 0 Å². The minimum Gasteiger partial charge on any atom is -0.388 e. The molecule has 0 bridgehead atoms. The maximum Gasteiger partial charge on any atom is 0.245 e. The molecular weight excluding hydrogens is 248 g/mol. The number of aliphatic hydroxyl groups is 1. The first-order valence-electron chi connectivity index (χ1n) is 6.56. The van der Waals surface area contributed by atoms with Gasteiger partial charge in [0.25, 0.3) is 0 Å². The lowest BCUT2D eigenvalue weighted by Crippen LogP contribution is -2.58. The second kappa shape index (κ2) is 5.11. The van der Waals surface area contributed by atoms with Gasteiger partial charge in [-0.3, -0.25) is 4.79 Å². The number of fused-ring (bicyclic) bond motifs is 1. The van der Waals surface area contributed by atoms with Crippen molar-refractivity contribution in [2.45, 2.75) is 50.7 Å². The van der Waals surface area contributed by atoms with Crippen LogP contribution < -0.4 is 11.1 Å². The summed E-state index contributed by atoms with van der Waals surface area (Å²) in [7, 11) is 1.65. The maximum absolute atomic E-state index is 10.9. The Morgan fingerprint density at radius 3 is 2.89 bits per heavy atom. The molecule has 2 unspecified atom stereocenters. The first kappa shape index (κ1) is 14.3. The first-order valence-corrected chi connectivity index (χ1v) is 6.56. The van der Waals surface area contributed by atoms with Crippen molar-refractivity contribution in [1.29, 1.82) is 0 Å². The first-order chi connectivity index (χ1) is 8.95. The summed E-state index contributed by atoms with van der Waals surface area (Å²) in [6.07, 6.45) is 1.95. The van der Waals surface area contributed by atoms with Crippen LogP contribution in [0.1, 0.15) is 26.7 Å². The molecule has 6 heteroatoms. The van der Waals surface area contributed by atoms with Gasteiger partial charge in [-0.1, -0.05) is 6.92 Å².